The summed E-state index contributed by atoms with van der Waals surface area (Å²) >= 11 is 0. The molecule has 1 saturated carbocycles. The SMILES string of the molecule is CCCCCCCCC(=O)NC1(C(=O)O)CCCC1. The molecule has 0 aliphatic heterocycles. The van der Waals surface area contributed by atoms with Crippen molar-refractivity contribution >= 4 is 11.9 Å². The second-order valence-corrected chi connectivity index (χ2v) is 5.66. The molecule has 0 heterocycles. The lowest BCUT2D eigenvalue weighted by Crippen LogP contribution is -2.52. The maximum Gasteiger partial charge on any atom is 0.329 e. The number of carboxylic acid groups (broad SMARTS) is 1. The Labute approximate surface area is 116 Å². The van der Waals surface area contributed by atoms with E-state index in [0.29, 0.717) is 19.3 Å². The van der Waals surface area contributed by atoms with Gasteiger partial charge in [-0.25, -0.2) is 4.79 Å². The van der Waals surface area contributed by atoms with Gasteiger partial charge in [0.15, 0.2) is 0 Å². The fraction of sp³-hybridized carbons (Fsp3) is 0.867. The van der Waals surface area contributed by atoms with Crippen molar-refractivity contribution in [1.29, 1.82) is 0 Å². The second-order valence-electron chi connectivity index (χ2n) is 5.66. The molecule has 110 valence electrons. The van der Waals surface area contributed by atoms with Crippen molar-refractivity contribution in [3.8, 4) is 0 Å². The highest BCUT2D eigenvalue weighted by atomic mass is 16.4. The van der Waals surface area contributed by atoms with Crippen LogP contribution >= 0.6 is 0 Å². The Balaban J connectivity index is 2.21. The maximum absolute atomic E-state index is 11.8. The minimum absolute atomic E-state index is 0.0974. The molecule has 1 aliphatic carbocycles. The number of carbonyl (C=O) groups is 2. The Kier molecular flexibility index (Phi) is 6.89. The average molecular weight is 269 g/mol. The largest absolute Gasteiger partial charge is 0.480 e. The van der Waals surface area contributed by atoms with Crippen LogP contribution in [0.3, 0.4) is 0 Å². The number of unbranched alkanes of at least 4 members (excludes halogenated alkanes) is 5. The van der Waals surface area contributed by atoms with Gasteiger partial charge in [0.05, 0.1) is 0 Å². The molecule has 1 fully saturated rings. The van der Waals surface area contributed by atoms with Crippen LogP contribution in [0.1, 0.15) is 77.6 Å². The van der Waals surface area contributed by atoms with E-state index in [0.717, 1.165) is 25.7 Å². The Morgan fingerprint density at radius 3 is 2.21 bits per heavy atom. The fourth-order valence-electron chi connectivity index (χ4n) is 2.77. The lowest BCUT2D eigenvalue weighted by Gasteiger charge is -2.25. The van der Waals surface area contributed by atoms with Crippen molar-refractivity contribution in [3.63, 3.8) is 0 Å². The topological polar surface area (TPSA) is 66.4 Å². The van der Waals surface area contributed by atoms with Crippen LogP contribution < -0.4 is 5.32 Å². The molecular weight excluding hydrogens is 242 g/mol. The van der Waals surface area contributed by atoms with Crippen LogP contribution in [0.2, 0.25) is 0 Å². The van der Waals surface area contributed by atoms with Crippen LogP contribution in [0.4, 0.5) is 0 Å². The summed E-state index contributed by atoms with van der Waals surface area (Å²) in [6, 6.07) is 0. The van der Waals surface area contributed by atoms with Crippen LogP contribution in [0.15, 0.2) is 0 Å². The van der Waals surface area contributed by atoms with Gasteiger partial charge in [-0.15, -0.1) is 0 Å². The lowest BCUT2D eigenvalue weighted by atomic mass is 9.97. The van der Waals surface area contributed by atoms with Gasteiger partial charge in [0.25, 0.3) is 0 Å². The van der Waals surface area contributed by atoms with Crippen molar-refractivity contribution in [1.82, 2.24) is 5.32 Å². The summed E-state index contributed by atoms with van der Waals surface area (Å²) in [5.41, 5.74) is -0.973. The van der Waals surface area contributed by atoms with Crippen molar-refractivity contribution in [2.45, 2.75) is 83.1 Å². The van der Waals surface area contributed by atoms with E-state index < -0.39 is 11.5 Å². The third-order valence-electron chi connectivity index (χ3n) is 4.00. The molecule has 4 heteroatoms. The molecular formula is C15H27NO3. The Bertz CT molecular complexity index is 296. The predicted molar refractivity (Wildman–Crippen MR) is 75.0 cm³/mol. The standard InChI is InChI=1S/C15H27NO3/c1-2-3-4-5-6-7-10-13(17)16-15(14(18)19)11-8-9-12-15/h2-12H2,1H3,(H,16,17)(H,18,19). The summed E-state index contributed by atoms with van der Waals surface area (Å²) in [4.78, 5) is 23.1. The van der Waals surface area contributed by atoms with E-state index in [9.17, 15) is 14.7 Å². The number of amides is 1. The van der Waals surface area contributed by atoms with Crippen molar-refractivity contribution in [2.24, 2.45) is 0 Å². The number of hydrogen-bond acceptors (Lipinski definition) is 2. The number of carboxylic acids is 1. The zero-order valence-corrected chi connectivity index (χ0v) is 12.0. The van der Waals surface area contributed by atoms with Crippen LogP contribution in [-0.4, -0.2) is 22.5 Å². The molecule has 0 saturated heterocycles. The number of carbonyl (C=O) groups excluding carboxylic acids is 1. The maximum atomic E-state index is 11.8. The molecule has 1 rings (SSSR count). The van der Waals surface area contributed by atoms with Gasteiger partial charge >= 0.3 is 5.97 Å². The molecule has 1 aliphatic rings. The molecule has 0 atom stereocenters. The summed E-state index contributed by atoms with van der Waals surface area (Å²) in [6.07, 6.45) is 10.2. The third-order valence-corrected chi connectivity index (χ3v) is 4.00. The van der Waals surface area contributed by atoms with E-state index in [4.69, 9.17) is 0 Å². The minimum atomic E-state index is -0.973. The summed E-state index contributed by atoms with van der Waals surface area (Å²) in [5.74, 6) is -0.971. The Morgan fingerprint density at radius 2 is 1.63 bits per heavy atom. The number of rotatable bonds is 9. The fourth-order valence-corrected chi connectivity index (χ4v) is 2.77. The number of aliphatic carboxylic acids is 1. The first-order chi connectivity index (χ1) is 9.10. The van der Waals surface area contributed by atoms with Gasteiger partial charge in [-0.2, -0.15) is 0 Å². The summed E-state index contributed by atoms with van der Waals surface area (Å²) < 4.78 is 0. The van der Waals surface area contributed by atoms with E-state index in [-0.39, 0.29) is 5.91 Å². The van der Waals surface area contributed by atoms with Crippen LogP contribution in [-0.2, 0) is 9.59 Å². The zero-order chi connectivity index (χ0) is 14.1. The van der Waals surface area contributed by atoms with Gasteiger partial charge in [0.2, 0.25) is 5.91 Å². The van der Waals surface area contributed by atoms with Gasteiger partial charge < -0.3 is 10.4 Å². The van der Waals surface area contributed by atoms with E-state index in [1.807, 2.05) is 0 Å². The van der Waals surface area contributed by atoms with Gasteiger partial charge in [-0.1, -0.05) is 51.9 Å². The normalized spacial score (nSPS) is 17.3. The van der Waals surface area contributed by atoms with Crippen molar-refractivity contribution in [2.75, 3.05) is 0 Å². The summed E-state index contributed by atoms with van der Waals surface area (Å²) in [7, 11) is 0. The summed E-state index contributed by atoms with van der Waals surface area (Å²) in [5, 5.41) is 12.0. The van der Waals surface area contributed by atoms with Gasteiger partial charge in [-0.05, 0) is 19.3 Å². The van der Waals surface area contributed by atoms with Gasteiger partial charge in [0, 0.05) is 6.42 Å². The molecule has 1 amide bonds. The molecule has 0 bridgehead atoms. The van der Waals surface area contributed by atoms with E-state index in [2.05, 4.69) is 12.2 Å². The minimum Gasteiger partial charge on any atom is -0.480 e. The molecule has 0 spiro atoms. The molecule has 0 radical (unpaired) electrons. The first kappa shape index (κ1) is 16.0. The van der Waals surface area contributed by atoms with Crippen LogP contribution in [0, 0.1) is 0 Å². The Morgan fingerprint density at radius 1 is 1.05 bits per heavy atom. The molecule has 0 aromatic carbocycles. The zero-order valence-electron chi connectivity index (χ0n) is 12.0. The molecule has 2 N–H and O–H groups in total. The summed E-state index contributed by atoms with van der Waals surface area (Å²) in [6.45, 7) is 2.18. The predicted octanol–water partition coefficient (Wildman–Crippen LogP) is 3.25. The monoisotopic (exact) mass is 269 g/mol. The van der Waals surface area contributed by atoms with Gasteiger partial charge in [-0.3, -0.25) is 4.79 Å². The first-order valence-corrected chi connectivity index (χ1v) is 7.65. The van der Waals surface area contributed by atoms with Crippen molar-refractivity contribution < 1.29 is 14.7 Å². The van der Waals surface area contributed by atoms with Crippen LogP contribution in [0.5, 0.6) is 0 Å². The average Bonchev–Trinajstić information content (AvgIpc) is 2.83. The quantitative estimate of drug-likeness (QED) is 0.631. The van der Waals surface area contributed by atoms with Crippen LogP contribution in [0.25, 0.3) is 0 Å². The molecule has 0 aromatic rings. The van der Waals surface area contributed by atoms with Gasteiger partial charge in [0.1, 0.15) is 5.54 Å². The van der Waals surface area contributed by atoms with E-state index >= 15 is 0 Å². The Hall–Kier alpha value is -1.06. The highest BCUT2D eigenvalue weighted by Crippen LogP contribution is 2.30. The van der Waals surface area contributed by atoms with Crippen molar-refractivity contribution in [3.05, 3.63) is 0 Å². The highest BCUT2D eigenvalue weighted by molar-refractivity contribution is 5.87. The first-order valence-electron chi connectivity index (χ1n) is 7.65. The molecule has 4 nitrogen and oxygen atoms in total. The lowest BCUT2D eigenvalue weighted by molar-refractivity contribution is -0.147. The third kappa shape index (κ3) is 5.21. The van der Waals surface area contributed by atoms with E-state index in [1.165, 1.54) is 25.7 Å². The molecule has 0 unspecified atom stereocenters. The van der Waals surface area contributed by atoms with E-state index in [1.54, 1.807) is 0 Å². The second kappa shape index (κ2) is 8.18. The number of hydrogen-bond donors (Lipinski definition) is 2. The smallest absolute Gasteiger partial charge is 0.329 e. The highest BCUT2D eigenvalue weighted by Gasteiger charge is 2.42. The number of nitrogens with one attached hydrogen (secondary N) is 1. The molecule has 19 heavy (non-hydrogen) atoms. The molecule has 0 aromatic heterocycles.